The molecule has 0 saturated carbocycles. The van der Waals surface area contributed by atoms with Gasteiger partial charge in [-0.15, -0.1) is 24.0 Å². The number of rotatable bonds is 10. The monoisotopic (exact) mass is 469 g/mol. The largest absolute Gasteiger partial charge is 0.383 e. The van der Waals surface area contributed by atoms with Crippen molar-refractivity contribution in [1.29, 1.82) is 0 Å². The van der Waals surface area contributed by atoms with Crippen molar-refractivity contribution in [3.63, 3.8) is 0 Å². The molecule has 0 fully saturated rings. The van der Waals surface area contributed by atoms with Gasteiger partial charge in [-0.2, -0.15) is 0 Å². The molecule has 1 aromatic carbocycles. The summed E-state index contributed by atoms with van der Waals surface area (Å²) in [7, 11) is -1.57. The van der Waals surface area contributed by atoms with Crippen molar-refractivity contribution in [3.8, 4) is 0 Å². The van der Waals surface area contributed by atoms with Gasteiger partial charge in [-0.3, -0.25) is 4.99 Å². The van der Waals surface area contributed by atoms with Crippen LogP contribution in [0, 0.1) is 0 Å². The molecule has 138 valence electrons. The number of nitrogens with one attached hydrogen (secondary N) is 2. The zero-order chi connectivity index (χ0) is 17.0. The first-order chi connectivity index (χ1) is 11.1. The van der Waals surface area contributed by atoms with Crippen LogP contribution in [0.4, 0.5) is 0 Å². The second kappa shape index (κ2) is 13.4. The molecule has 0 radical (unpaired) electrons. The maximum Gasteiger partial charge on any atom is 0.191 e. The van der Waals surface area contributed by atoms with Crippen molar-refractivity contribution in [2.24, 2.45) is 4.99 Å². The minimum atomic E-state index is -3.22. The van der Waals surface area contributed by atoms with E-state index in [1.807, 2.05) is 6.07 Å². The average Bonchev–Trinajstić information content (AvgIpc) is 2.57. The standard InChI is InChI=1S/C16H27N3O3S.HI/c1-3-10-17-16(19-12-13-22-2)18-11-7-14-23(20,21)15-8-5-4-6-9-15;/h4-6,8-9H,3,7,10-14H2,1-2H3,(H2,17,18,19);1H. The van der Waals surface area contributed by atoms with E-state index in [1.54, 1.807) is 31.4 Å². The summed E-state index contributed by atoms with van der Waals surface area (Å²) in [4.78, 5) is 4.77. The molecule has 2 N–H and O–H groups in total. The topological polar surface area (TPSA) is 79.8 Å². The predicted octanol–water partition coefficient (Wildman–Crippen LogP) is 2.06. The van der Waals surface area contributed by atoms with E-state index in [0.717, 1.165) is 13.0 Å². The molecule has 0 amide bonds. The van der Waals surface area contributed by atoms with Gasteiger partial charge in [0.05, 0.1) is 17.3 Å². The molecule has 0 heterocycles. The fraction of sp³-hybridized carbons (Fsp3) is 0.562. The highest BCUT2D eigenvalue weighted by atomic mass is 127. The van der Waals surface area contributed by atoms with Crippen LogP contribution in [-0.2, 0) is 14.6 Å². The van der Waals surface area contributed by atoms with Crippen LogP contribution in [0.15, 0.2) is 40.2 Å². The Morgan fingerprint density at radius 3 is 2.46 bits per heavy atom. The van der Waals surface area contributed by atoms with Crippen molar-refractivity contribution in [3.05, 3.63) is 30.3 Å². The molecule has 0 aliphatic carbocycles. The summed E-state index contributed by atoms with van der Waals surface area (Å²) in [5, 5.41) is 6.31. The van der Waals surface area contributed by atoms with Gasteiger partial charge in [0.25, 0.3) is 0 Å². The molecule has 0 unspecified atom stereocenters. The molecule has 0 aliphatic rings. The van der Waals surface area contributed by atoms with E-state index >= 15 is 0 Å². The van der Waals surface area contributed by atoms with Crippen LogP contribution in [0.25, 0.3) is 0 Å². The molecule has 0 aromatic heterocycles. The molecule has 24 heavy (non-hydrogen) atoms. The zero-order valence-corrected chi connectivity index (χ0v) is 17.5. The molecule has 8 heteroatoms. The number of aliphatic imine (C=N–C) groups is 1. The summed E-state index contributed by atoms with van der Waals surface area (Å²) in [5.41, 5.74) is 0. The summed E-state index contributed by atoms with van der Waals surface area (Å²) < 4.78 is 29.3. The minimum Gasteiger partial charge on any atom is -0.383 e. The van der Waals surface area contributed by atoms with Crippen molar-refractivity contribution in [1.82, 2.24) is 10.6 Å². The van der Waals surface area contributed by atoms with Crippen molar-refractivity contribution < 1.29 is 13.2 Å². The van der Waals surface area contributed by atoms with Crippen LogP contribution in [-0.4, -0.2) is 53.5 Å². The Morgan fingerprint density at radius 2 is 1.83 bits per heavy atom. The highest BCUT2D eigenvalue weighted by Crippen LogP contribution is 2.10. The lowest BCUT2D eigenvalue weighted by Gasteiger charge is -2.12. The molecule has 0 bridgehead atoms. The smallest absolute Gasteiger partial charge is 0.191 e. The van der Waals surface area contributed by atoms with E-state index in [0.29, 0.717) is 37.0 Å². The van der Waals surface area contributed by atoms with Gasteiger partial charge in [-0.05, 0) is 25.0 Å². The molecule has 0 spiro atoms. The number of hydrogen-bond acceptors (Lipinski definition) is 4. The first-order valence-corrected chi connectivity index (χ1v) is 9.54. The lowest BCUT2D eigenvalue weighted by atomic mass is 10.4. The first kappa shape index (κ1) is 23.1. The third-order valence-electron chi connectivity index (χ3n) is 3.08. The summed E-state index contributed by atoms with van der Waals surface area (Å²) in [6, 6.07) is 8.54. The van der Waals surface area contributed by atoms with Gasteiger partial charge in [0.2, 0.25) is 0 Å². The number of ether oxygens (including phenoxy) is 1. The molecular weight excluding hydrogens is 441 g/mol. The number of guanidine groups is 1. The number of methoxy groups -OCH3 is 1. The van der Waals surface area contributed by atoms with Gasteiger partial charge >= 0.3 is 0 Å². The van der Waals surface area contributed by atoms with Gasteiger partial charge in [0.1, 0.15) is 0 Å². The third kappa shape index (κ3) is 9.43. The number of sulfone groups is 1. The number of nitrogens with zero attached hydrogens (tertiary/aromatic N) is 1. The number of benzene rings is 1. The lowest BCUT2D eigenvalue weighted by Crippen LogP contribution is -2.40. The fourth-order valence-electron chi connectivity index (χ4n) is 1.88. The zero-order valence-electron chi connectivity index (χ0n) is 14.3. The minimum absolute atomic E-state index is 0. The Kier molecular flexibility index (Phi) is 12.9. The molecule has 0 saturated heterocycles. The van der Waals surface area contributed by atoms with Crippen molar-refractivity contribution >= 4 is 39.8 Å². The van der Waals surface area contributed by atoms with Crippen molar-refractivity contribution in [2.45, 2.75) is 24.7 Å². The normalized spacial score (nSPS) is 11.7. The van der Waals surface area contributed by atoms with Gasteiger partial charge in [0, 0.05) is 26.7 Å². The van der Waals surface area contributed by atoms with E-state index in [-0.39, 0.29) is 29.7 Å². The van der Waals surface area contributed by atoms with Crippen LogP contribution >= 0.6 is 24.0 Å². The number of hydrogen-bond donors (Lipinski definition) is 2. The van der Waals surface area contributed by atoms with Crippen LogP contribution in [0.5, 0.6) is 0 Å². The van der Waals surface area contributed by atoms with Crippen molar-refractivity contribution in [2.75, 3.05) is 39.1 Å². The second-order valence-corrected chi connectivity index (χ2v) is 7.17. The molecule has 1 rings (SSSR count). The lowest BCUT2D eigenvalue weighted by molar-refractivity contribution is 0.203. The van der Waals surface area contributed by atoms with Gasteiger partial charge < -0.3 is 15.4 Å². The van der Waals surface area contributed by atoms with Crippen LogP contribution in [0.1, 0.15) is 19.8 Å². The van der Waals surface area contributed by atoms with E-state index < -0.39 is 9.84 Å². The van der Waals surface area contributed by atoms with E-state index in [1.165, 1.54) is 0 Å². The highest BCUT2D eigenvalue weighted by Gasteiger charge is 2.13. The summed E-state index contributed by atoms with van der Waals surface area (Å²) in [6.45, 7) is 4.59. The van der Waals surface area contributed by atoms with Gasteiger partial charge in [0.15, 0.2) is 15.8 Å². The maximum absolute atomic E-state index is 12.2. The summed E-state index contributed by atoms with van der Waals surface area (Å²) >= 11 is 0. The second-order valence-electron chi connectivity index (χ2n) is 5.06. The van der Waals surface area contributed by atoms with E-state index in [2.05, 4.69) is 22.5 Å². The predicted molar refractivity (Wildman–Crippen MR) is 109 cm³/mol. The summed E-state index contributed by atoms with van der Waals surface area (Å²) in [5.74, 6) is 0.810. The quantitative estimate of drug-likeness (QED) is 0.237. The average molecular weight is 469 g/mol. The molecule has 0 atom stereocenters. The van der Waals surface area contributed by atoms with E-state index in [4.69, 9.17) is 4.74 Å². The Morgan fingerprint density at radius 1 is 1.17 bits per heavy atom. The molecule has 6 nitrogen and oxygen atoms in total. The first-order valence-electron chi connectivity index (χ1n) is 7.89. The number of halogens is 1. The third-order valence-corrected chi connectivity index (χ3v) is 4.89. The van der Waals surface area contributed by atoms with Crippen LogP contribution in [0.2, 0.25) is 0 Å². The SMILES string of the molecule is CCCN=C(NCCCS(=O)(=O)c1ccccc1)NCCOC.I. The van der Waals surface area contributed by atoms with Gasteiger partial charge in [-0.25, -0.2) is 8.42 Å². The summed E-state index contributed by atoms with van der Waals surface area (Å²) in [6.07, 6.45) is 1.48. The molecular formula is C16H28IN3O3S. The Bertz CT molecular complexity index is 565. The van der Waals surface area contributed by atoms with Gasteiger partial charge in [-0.1, -0.05) is 25.1 Å². The highest BCUT2D eigenvalue weighted by molar-refractivity contribution is 14.0. The Hall–Kier alpha value is -0.870. The molecule has 0 aliphatic heterocycles. The Labute approximate surface area is 162 Å². The Balaban J connectivity index is 0.00000529. The van der Waals surface area contributed by atoms with Crippen LogP contribution in [0.3, 0.4) is 0 Å². The van der Waals surface area contributed by atoms with E-state index in [9.17, 15) is 8.42 Å². The van der Waals surface area contributed by atoms with Crippen LogP contribution < -0.4 is 10.6 Å². The maximum atomic E-state index is 12.2. The fourth-order valence-corrected chi connectivity index (χ4v) is 3.22. The molecule has 1 aromatic rings.